The van der Waals surface area contributed by atoms with Crippen molar-refractivity contribution in [3.8, 4) is 0 Å². The molecule has 0 aliphatic rings. The Morgan fingerprint density at radius 3 is 2.78 bits per heavy atom. The van der Waals surface area contributed by atoms with Crippen molar-refractivity contribution >= 4 is 12.6 Å². The first-order chi connectivity index (χ1) is 4.31. The van der Waals surface area contributed by atoms with Crippen LogP contribution in [0.15, 0.2) is 12.2 Å². The molecule has 54 valence electrons. The maximum absolute atomic E-state index is 5.19. The molecule has 0 aliphatic heterocycles. The molecule has 0 saturated heterocycles. The van der Waals surface area contributed by atoms with E-state index in [0.717, 1.165) is 24.4 Å². The van der Waals surface area contributed by atoms with Crippen molar-refractivity contribution < 1.29 is 4.74 Å². The fraction of sp³-hybridized carbons (Fsp3) is 0.714. The molecule has 0 rings (SSSR count). The number of ether oxygens (including phenoxy) is 1. The van der Waals surface area contributed by atoms with E-state index in [9.17, 15) is 0 Å². The van der Waals surface area contributed by atoms with Crippen molar-refractivity contribution in [3.63, 3.8) is 0 Å². The first-order valence-corrected chi connectivity index (χ1v) is 3.79. The summed E-state index contributed by atoms with van der Waals surface area (Å²) in [7, 11) is 0. The van der Waals surface area contributed by atoms with Crippen molar-refractivity contribution in [1.82, 2.24) is 0 Å². The Morgan fingerprint density at radius 1 is 1.67 bits per heavy atom. The van der Waals surface area contributed by atoms with Crippen molar-refractivity contribution in [1.29, 1.82) is 0 Å². The fourth-order valence-corrected chi connectivity index (χ4v) is 0.498. The van der Waals surface area contributed by atoms with E-state index in [4.69, 9.17) is 4.74 Å². The quantitative estimate of drug-likeness (QED) is 0.354. The average Bonchev–Trinajstić information content (AvgIpc) is 1.89. The van der Waals surface area contributed by atoms with Crippen molar-refractivity contribution in [2.75, 3.05) is 19.0 Å². The fourth-order valence-electron chi connectivity index (χ4n) is 0.406. The molecule has 0 radical (unpaired) electrons. The molecule has 2 heteroatoms. The molecule has 0 unspecified atom stereocenters. The summed E-state index contributed by atoms with van der Waals surface area (Å²) in [6.07, 6.45) is 1.07. The van der Waals surface area contributed by atoms with E-state index < -0.39 is 0 Å². The lowest BCUT2D eigenvalue weighted by Gasteiger charge is -2.01. The average molecular weight is 146 g/mol. The van der Waals surface area contributed by atoms with E-state index in [0.29, 0.717) is 6.61 Å². The maximum atomic E-state index is 5.19. The van der Waals surface area contributed by atoms with Gasteiger partial charge in [-0.2, -0.15) is 12.6 Å². The van der Waals surface area contributed by atoms with Crippen LogP contribution in [-0.4, -0.2) is 19.0 Å². The Morgan fingerprint density at radius 2 is 2.33 bits per heavy atom. The summed E-state index contributed by atoms with van der Waals surface area (Å²) in [6.45, 7) is 7.32. The van der Waals surface area contributed by atoms with Crippen LogP contribution in [0.5, 0.6) is 0 Å². The highest BCUT2D eigenvalue weighted by atomic mass is 32.1. The van der Waals surface area contributed by atoms with Crippen LogP contribution >= 0.6 is 12.6 Å². The largest absolute Gasteiger partial charge is 0.377 e. The zero-order valence-corrected chi connectivity index (χ0v) is 6.79. The number of rotatable bonds is 5. The van der Waals surface area contributed by atoms with Gasteiger partial charge < -0.3 is 4.74 Å². The van der Waals surface area contributed by atoms with Gasteiger partial charge in [0.2, 0.25) is 0 Å². The first kappa shape index (κ1) is 9.05. The molecule has 0 heterocycles. The lowest BCUT2D eigenvalue weighted by atomic mass is 10.4. The number of hydrogen-bond acceptors (Lipinski definition) is 2. The highest BCUT2D eigenvalue weighted by Crippen LogP contribution is 1.93. The predicted octanol–water partition coefficient (Wildman–Crippen LogP) is 1.90. The zero-order chi connectivity index (χ0) is 7.11. The van der Waals surface area contributed by atoms with E-state index in [1.54, 1.807) is 0 Å². The first-order valence-electron chi connectivity index (χ1n) is 3.16. The summed E-state index contributed by atoms with van der Waals surface area (Å²) in [5, 5.41) is 0. The van der Waals surface area contributed by atoms with Gasteiger partial charge in [0.25, 0.3) is 0 Å². The molecule has 0 atom stereocenters. The van der Waals surface area contributed by atoms with Crippen LogP contribution in [0.1, 0.15) is 13.3 Å². The van der Waals surface area contributed by atoms with Gasteiger partial charge in [0.15, 0.2) is 0 Å². The second-order valence-electron chi connectivity index (χ2n) is 1.96. The standard InChI is InChI=1S/C7H14OS/c1-3-4-8-5-7(2)6-9/h9H,2-6H2,1H3. The molecule has 9 heavy (non-hydrogen) atoms. The van der Waals surface area contributed by atoms with E-state index in [1.807, 2.05) is 0 Å². The topological polar surface area (TPSA) is 9.23 Å². The molecule has 0 N–H and O–H groups in total. The predicted molar refractivity (Wildman–Crippen MR) is 44.1 cm³/mol. The molecule has 0 aromatic heterocycles. The Labute approximate surface area is 62.5 Å². The zero-order valence-electron chi connectivity index (χ0n) is 5.89. The third-order valence-electron chi connectivity index (χ3n) is 0.878. The van der Waals surface area contributed by atoms with Crippen LogP contribution in [0.2, 0.25) is 0 Å². The van der Waals surface area contributed by atoms with Gasteiger partial charge in [-0.1, -0.05) is 13.5 Å². The van der Waals surface area contributed by atoms with Crippen molar-refractivity contribution in [3.05, 3.63) is 12.2 Å². The van der Waals surface area contributed by atoms with Crippen molar-refractivity contribution in [2.45, 2.75) is 13.3 Å². The van der Waals surface area contributed by atoms with Crippen LogP contribution in [-0.2, 0) is 4.74 Å². The lowest BCUT2D eigenvalue weighted by molar-refractivity contribution is 0.157. The molecule has 0 bridgehead atoms. The van der Waals surface area contributed by atoms with E-state index >= 15 is 0 Å². The summed E-state index contributed by atoms with van der Waals surface area (Å²) in [5.41, 5.74) is 1.05. The normalized spacial score (nSPS) is 9.56. The molecule has 0 aromatic rings. The minimum atomic E-state index is 0.664. The Kier molecular flexibility index (Phi) is 6.21. The molecule has 0 aliphatic carbocycles. The van der Waals surface area contributed by atoms with Crippen LogP contribution in [0.3, 0.4) is 0 Å². The Bertz CT molecular complexity index is 81.0. The molecular formula is C7H14OS. The Hall–Kier alpha value is 0.0500. The highest BCUT2D eigenvalue weighted by molar-refractivity contribution is 7.80. The summed E-state index contributed by atoms with van der Waals surface area (Å²) in [6, 6.07) is 0. The molecule has 0 aromatic carbocycles. The Balaban J connectivity index is 2.97. The van der Waals surface area contributed by atoms with Gasteiger partial charge in [-0.15, -0.1) is 0 Å². The minimum Gasteiger partial charge on any atom is -0.377 e. The van der Waals surface area contributed by atoms with E-state index in [-0.39, 0.29) is 0 Å². The summed E-state index contributed by atoms with van der Waals surface area (Å²) in [5.74, 6) is 0.726. The summed E-state index contributed by atoms with van der Waals surface area (Å²) < 4.78 is 5.19. The second-order valence-corrected chi connectivity index (χ2v) is 2.28. The molecular weight excluding hydrogens is 132 g/mol. The van der Waals surface area contributed by atoms with Crippen LogP contribution in [0, 0.1) is 0 Å². The third kappa shape index (κ3) is 5.93. The summed E-state index contributed by atoms with van der Waals surface area (Å²) in [4.78, 5) is 0. The van der Waals surface area contributed by atoms with Crippen LogP contribution in [0.25, 0.3) is 0 Å². The van der Waals surface area contributed by atoms with Crippen molar-refractivity contribution in [2.24, 2.45) is 0 Å². The molecule has 0 saturated carbocycles. The lowest BCUT2D eigenvalue weighted by Crippen LogP contribution is -1.98. The van der Waals surface area contributed by atoms with Gasteiger partial charge in [0, 0.05) is 12.4 Å². The van der Waals surface area contributed by atoms with E-state index in [2.05, 4.69) is 26.1 Å². The van der Waals surface area contributed by atoms with Crippen LogP contribution in [0.4, 0.5) is 0 Å². The minimum absolute atomic E-state index is 0.664. The molecule has 0 fully saturated rings. The van der Waals surface area contributed by atoms with Gasteiger partial charge in [0.05, 0.1) is 6.61 Å². The van der Waals surface area contributed by atoms with Crippen LogP contribution < -0.4 is 0 Å². The second kappa shape index (κ2) is 6.17. The van der Waals surface area contributed by atoms with Gasteiger partial charge >= 0.3 is 0 Å². The number of thiol groups is 1. The maximum Gasteiger partial charge on any atom is 0.0682 e. The molecule has 0 spiro atoms. The van der Waals surface area contributed by atoms with Gasteiger partial charge in [-0.3, -0.25) is 0 Å². The summed E-state index contributed by atoms with van der Waals surface area (Å²) >= 11 is 4.04. The third-order valence-corrected chi connectivity index (χ3v) is 1.33. The smallest absolute Gasteiger partial charge is 0.0682 e. The van der Waals surface area contributed by atoms with Gasteiger partial charge in [0.1, 0.15) is 0 Å². The number of hydrogen-bond donors (Lipinski definition) is 1. The monoisotopic (exact) mass is 146 g/mol. The molecule has 0 amide bonds. The molecule has 1 nitrogen and oxygen atoms in total. The SMILES string of the molecule is C=C(CS)COCCC. The van der Waals surface area contributed by atoms with Gasteiger partial charge in [-0.05, 0) is 12.0 Å². The van der Waals surface area contributed by atoms with E-state index in [1.165, 1.54) is 0 Å². The van der Waals surface area contributed by atoms with Gasteiger partial charge in [-0.25, -0.2) is 0 Å². The highest BCUT2D eigenvalue weighted by Gasteiger charge is 1.88.